The van der Waals surface area contributed by atoms with E-state index in [1.165, 1.54) is 25.0 Å². The van der Waals surface area contributed by atoms with Crippen LogP contribution in [0.15, 0.2) is 0 Å². The third-order valence-electron chi connectivity index (χ3n) is 1.28. The molecule has 2 nitrogen and oxygen atoms in total. The molecule has 0 bridgehead atoms. The number of nitrogens with zero attached hydrogens (tertiary/aromatic N) is 1. The van der Waals surface area contributed by atoms with Crippen LogP contribution in [-0.4, -0.2) is 16.7 Å². The Morgan fingerprint density at radius 3 is 3.00 bits per heavy atom. The van der Waals surface area contributed by atoms with Gasteiger partial charge in [0.25, 0.3) is 0 Å². The van der Waals surface area contributed by atoms with Gasteiger partial charge >= 0.3 is 0 Å². The Morgan fingerprint density at radius 1 is 1.25 bits per heavy atom. The minimum absolute atomic E-state index is 1.06. The average molecular weight is 132 g/mol. The summed E-state index contributed by atoms with van der Waals surface area (Å²) in [7, 11) is 0. The van der Waals surface area contributed by atoms with Gasteiger partial charge in [0.15, 0.2) is 0 Å². The van der Waals surface area contributed by atoms with Gasteiger partial charge in [0.1, 0.15) is 0 Å². The van der Waals surface area contributed by atoms with Crippen LogP contribution in [0, 0.1) is 0 Å². The maximum Gasteiger partial charge on any atom is 0.0242 e. The van der Waals surface area contributed by atoms with Crippen LogP contribution >= 0.6 is 11.9 Å². The molecule has 3 heteroatoms. The Kier molecular flexibility index (Phi) is 2.66. The van der Waals surface area contributed by atoms with E-state index in [-0.39, 0.29) is 0 Å². The quantitative estimate of drug-likeness (QED) is 0.394. The third kappa shape index (κ3) is 2.03. The van der Waals surface area contributed by atoms with Crippen LogP contribution in [0.5, 0.6) is 0 Å². The second-order valence-electron chi connectivity index (χ2n) is 2.03. The summed E-state index contributed by atoms with van der Waals surface area (Å²) < 4.78 is 1.84. The second kappa shape index (κ2) is 3.33. The molecule has 0 saturated carbocycles. The predicted molar refractivity (Wildman–Crippen MR) is 37.2 cm³/mol. The van der Waals surface area contributed by atoms with Crippen molar-refractivity contribution in [2.45, 2.75) is 19.3 Å². The van der Waals surface area contributed by atoms with Crippen LogP contribution in [0.1, 0.15) is 19.3 Å². The van der Waals surface area contributed by atoms with Crippen molar-refractivity contribution in [2.75, 3.05) is 12.3 Å². The van der Waals surface area contributed by atoms with Crippen LogP contribution in [0.3, 0.4) is 0 Å². The van der Waals surface area contributed by atoms with Crippen molar-refractivity contribution < 1.29 is 0 Å². The first-order valence-corrected chi connectivity index (χ1v) is 3.99. The molecule has 0 amide bonds. The number of hydrogen-bond acceptors (Lipinski definition) is 3. The van der Waals surface area contributed by atoms with Gasteiger partial charge in [-0.2, -0.15) is 4.41 Å². The zero-order valence-corrected chi connectivity index (χ0v) is 5.78. The molecule has 1 fully saturated rings. The first-order chi connectivity index (χ1) is 3.89. The van der Waals surface area contributed by atoms with E-state index in [9.17, 15) is 0 Å². The predicted octanol–water partition coefficient (Wildman–Crippen LogP) is 0.994. The number of nitrogens with two attached hydrogens (primary N) is 1. The molecule has 0 aromatic heterocycles. The minimum Gasteiger partial charge on any atom is -0.259 e. The Labute approximate surface area is 54.5 Å². The highest BCUT2D eigenvalue weighted by Gasteiger charge is 2.03. The van der Waals surface area contributed by atoms with Gasteiger partial charge in [-0.25, -0.2) is 0 Å². The molecule has 1 aliphatic heterocycles. The Hall–Kier alpha value is 0.270. The third-order valence-corrected chi connectivity index (χ3v) is 2.27. The summed E-state index contributed by atoms with van der Waals surface area (Å²) >= 11 is 1.75. The van der Waals surface area contributed by atoms with Crippen molar-refractivity contribution in [1.82, 2.24) is 4.41 Å². The van der Waals surface area contributed by atoms with Gasteiger partial charge in [-0.05, 0) is 12.8 Å². The van der Waals surface area contributed by atoms with E-state index in [0.29, 0.717) is 0 Å². The zero-order chi connectivity index (χ0) is 5.82. The first kappa shape index (κ1) is 6.39. The van der Waals surface area contributed by atoms with Crippen molar-refractivity contribution in [2.24, 2.45) is 5.84 Å². The van der Waals surface area contributed by atoms with E-state index in [1.807, 2.05) is 4.41 Å². The lowest BCUT2D eigenvalue weighted by molar-refractivity contribution is 0.485. The molecule has 0 aromatic carbocycles. The van der Waals surface area contributed by atoms with Gasteiger partial charge in [0, 0.05) is 12.3 Å². The van der Waals surface area contributed by atoms with Crippen LogP contribution in [0.4, 0.5) is 0 Å². The fraction of sp³-hybridized carbons (Fsp3) is 1.00. The summed E-state index contributed by atoms with van der Waals surface area (Å²) in [5, 5.41) is 0. The summed E-state index contributed by atoms with van der Waals surface area (Å²) in [6.45, 7) is 1.06. The standard InChI is InChI=1S/C5H12N2S/c6-7-4-2-1-3-5-8-7/h1-6H2. The van der Waals surface area contributed by atoms with Gasteiger partial charge in [-0.3, -0.25) is 5.84 Å². The smallest absolute Gasteiger partial charge is 0.0242 e. The molecule has 2 N–H and O–H groups in total. The highest BCUT2D eigenvalue weighted by Crippen LogP contribution is 2.14. The Morgan fingerprint density at radius 2 is 2.12 bits per heavy atom. The summed E-state index contributed by atoms with van der Waals surface area (Å²) in [5.74, 6) is 6.74. The highest BCUT2D eigenvalue weighted by molar-refractivity contribution is 7.96. The van der Waals surface area contributed by atoms with Crippen molar-refractivity contribution in [3.05, 3.63) is 0 Å². The van der Waals surface area contributed by atoms with Crippen LogP contribution < -0.4 is 5.84 Å². The summed E-state index contributed by atoms with van der Waals surface area (Å²) in [5.41, 5.74) is 0. The van der Waals surface area contributed by atoms with Gasteiger partial charge in [-0.15, -0.1) is 0 Å². The average Bonchev–Trinajstić information content (AvgIpc) is 1.94. The van der Waals surface area contributed by atoms with Crippen molar-refractivity contribution in [1.29, 1.82) is 0 Å². The van der Waals surface area contributed by atoms with Crippen LogP contribution in [-0.2, 0) is 0 Å². The monoisotopic (exact) mass is 132 g/mol. The van der Waals surface area contributed by atoms with Gasteiger partial charge in [0.05, 0.1) is 0 Å². The molecule has 0 aliphatic carbocycles. The summed E-state index contributed by atoms with van der Waals surface area (Å²) in [4.78, 5) is 0. The molecule has 0 atom stereocenters. The van der Waals surface area contributed by atoms with E-state index >= 15 is 0 Å². The number of rotatable bonds is 0. The molecule has 0 radical (unpaired) electrons. The number of hydrogen-bond donors (Lipinski definition) is 1. The van der Waals surface area contributed by atoms with E-state index < -0.39 is 0 Å². The largest absolute Gasteiger partial charge is 0.259 e. The van der Waals surface area contributed by atoms with Crippen LogP contribution in [0.25, 0.3) is 0 Å². The molecule has 48 valence electrons. The normalized spacial score (nSPS) is 25.1. The van der Waals surface area contributed by atoms with E-state index in [1.54, 1.807) is 11.9 Å². The molecular weight excluding hydrogens is 120 g/mol. The molecular formula is C5H12N2S. The van der Waals surface area contributed by atoms with E-state index in [2.05, 4.69) is 0 Å². The van der Waals surface area contributed by atoms with E-state index in [0.717, 1.165) is 6.54 Å². The Balaban J connectivity index is 2.17. The lowest BCUT2D eigenvalue weighted by Crippen LogP contribution is -2.23. The fourth-order valence-corrected chi connectivity index (χ4v) is 1.62. The summed E-state index contributed by atoms with van der Waals surface area (Å²) in [6.07, 6.45) is 3.95. The van der Waals surface area contributed by atoms with Crippen LogP contribution in [0.2, 0.25) is 0 Å². The SMILES string of the molecule is NN1CCCCCS1. The second-order valence-corrected chi connectivity index (χ2v) is 3.17. The topological polar surface area (TPSA) is 29.3 Å². The highest BCUT2D eigenvalue weighted by atomic mass is 32.2. The molecule has 1 saturated heterocycles. The Bertz CT molecular complexity index is 59.4. The van der Waals surface area contributed by atoms with Gasteiger partial charge < -0.3 is 0 Å². The fourth-order valence-electron chi connectivity index (χ4n) is 0.793. The van der Waals surface area contributed by atoms with Gasteiger partial charge in [-0.1, -0.05) is 18.4 Å². The van der Waals surface area contributed by atoms with E-state index in [4.69, 9.17) is 5.84 Å². The summed E-state index contributed by atoms with van der Waals surface area (Å²) in [6, 6.07) is 0. The first-order valence-electron chi connectivity index (χ1n) is 3.05. The van der Waals surface area contributed by atoms with Crippen molar-refractivity contribution in [3.63, 3.8) is 0 Å². The molecule has 0 spiro atoms. The van der Waals surface area contributed by atoms with Gasteiger partial charge in [0.2, 0.25) is 0 Å². The molecule has 1 heterocycles. The maximum absolute atomic E-state index is 5.53. The minimum atomic E-state index is 1.06. The molecule has 1 aliphatic rings. The van der Waals surface area contributed by atoms with Crippen molar-refractivity contribution >= 4 is 11.9 Å². The lowest BCUT2D eigenvalue weighted by atomic mass is 10.2. The lowest BCUT2D eigenvalue weighted by Gasteiger charge is -2.08. The van der Waals surface area contributed by atoms with Crippen molar-refractivity contribution in [3.8, 4) is 0 Å². The molecule has 8 heavy (non-hydrogen) atoms. The number of hydrazine groups is 1. The molecule has 0 aromatic rings. The molecule has 0 unspecified atom stereocenters. The maximum atomic E-state index is 5.53. The zero-order valence-electron chi connectivity index (χ0n) is 4.97. The molecule has 1 rings (SSSR count).